The Balaban J connectivity index is 1.45. The Morgan fingerprint density at radius 2 is 2.00 bits per heavy atom. The lowest BCUT2D eigenvalue weighted by Crippen LogP contribution is -2.40. The summed E-state index contributed by atoms with van der Waals surface area (Å²) in [5, 5.41) is 0.988. The maximum atomic E-state index is 13.2. The van der Waals surface area contributed by atoms with E-state index >= 15 is 0 Å². The topological polar surface area (TPSA) is 102 Å². The highest BCUT2D eigenvalue weighted by atomic mass is 16.2. The Morgan fingerprint density at radius 3 is 2.63 bits per heavy atom. The zero-order valence-corrected chi connectivity index (χ0v) is 20.6. The lowest BCUT2D eigenvalue weighted by molar-refractivity contribution is -0.107. The molecule has 182 valence electrons. The van der Waals surface area contributed by atoms with Crippen LogP contribution >= 0.6 is 0 Å². The van der Waals surface area contributed by atoms with Gasteiger partial charge < -0.3 is 14.9 Å². The molecule has 2 aliphatic rings. The van der Waals surface area contributed by atoms with Gasteiger partial charge in [-0.2, -0.15) is 0 Å². The first kappa shape index (κ1) is 23.1. The molecule has 8 nitrogen and oxygen atoms in total. The fourth-order valence-corrected chi connectivity index (χ4v) is 4.78. The molecule has 0 bridgehead atoms. The minimum Gasteiger partial charge on any atom is -0.346 e. The molecule has 1 saturated carbocycles. The van der Waals surface area contributed by atoms with Gasteiger partial charge in [-0.3, -0.25) is 19.3 Å². The van der Waals surface area contributed by atoms with Gasteiger partial charge in [0.25, 0.3) is 11.5 Å². The van der Waals surface area contributed by atoms with Crippen molar-refractivity contribution in [1.82, 2.24) is 19.9 Å². The van der Waals surface area contributed by atoms with E-state index in [9.17, 15) is 14.4 Å². The van der Waals surface area contributed by atoms with Crippen molar-refractivity contribution in [3.05, 3.63) is 63.7 Å². The number of H-pyrrole nitrogens is 2. The number of hydrogen-bond acceptors (Lipinski definition) is 4. The van der Waals surface area contributed by atoms with Gasteiger partial charge in [0.05, 0.1) is 0 Å². The highest BCUT2D eigenvalue weighted by Crippen LogP contribution is 2.37. The van der Waals surface area contributed by atoms with Crippen molar-refractivity contribution in [2.24, 2.45) is 5.92 Å². The molecule has 4 heterocycles. The first-order chi connectivity index (χ1) is 16.7. The van der Waals surface area contributed by atoms with Gasteiger partial charge in [0.1, 0.15) is 17.0 Å². The van der Waals surface area contributed by atoms with E-state index in [4.69, 9.17) is 0 Å². The Bertz CT molecular complexity index is 1390. The van der Waals surface area contributed by atoms with Crippen molar-refractivity contribution in [2.45, 2.75) is 52.0 Å². The van der Waals surface area contributed by atoms with Crippen LogP contribution in [0.25, 0.3) is 16.6 Å². The number of nitrogens with one attached hydrogen (secondary N) is 2. The first-order valence-corrected chi connectivity index (χ1v) is 12.1. The van der Waals surface area contributed by atoms with Crippen LogP contribution in [0.1, 0.15) is 62.2 Å². The SMILES string of the molecule is CC1CN(C(=O)c2ccc(C(C)(C)C)[nH]c2=O)CC=C1c1cc(N(C=O)C2CC2)nc2[nH]ccc12. The summed E-state index contributed by atoms with van der Waals surface area (Å²) in [6.07, 6.45) is 6.75. The number of aromatic amines is 2. The van der Waals surface area contributed by atoms with Crippen LogP contribution in [0.5, 0.6) is 0 Å². The maximum Gasteiger partial charge on any atom is 0.261 e. The third-order valence-corrected chi connectivity index (χ3v) is 6.94. The lowest BCUT2D eigenvalue weighted by Gasteiger charge is -2.32. The van der Waals surface area contributed by atoms with Gasteiger partial charge in [-0.15, -0.1) is 0 Å². The zero-order chi connectivity index (χ0) is 24.9. The van der Waals surface area contributed by atoms with Crippen molar-refractivity contribution in [3.63, 3.8) is 0 Å². The van der Waals surface area contributed by atoms with Crippen LogP contribution in [0.3, 0.4) is 0 Å². The molecule has 1 atom stereocenters. The van der Waals surface area contributed by atoms with Crippen LogP contribution in [0.2, 0.25) is 0 Å². The van der Waals surface area contributed by atoms with E-state index in [1.807, 2.05) is 45.2 Å². The van der Waals surface area contributed by atoms with Gasteiger partial charge in [0, 0.05) is 41.8 Å². The molecule has 1 unspecified atom stereocenters. The predicted molar refractivity (Wildman–Crippen MR) is 136 cm³/mol. The number of carbonyl (C=O) groups is 2. The number of amides is 2. The average molecular weight is 474 g/mol. The van der Waals surface area contributed by atoms with Crippen LogP contribution in [0, 0.1) is 5.92 Å². The van der Waals surface area contributed by atoms with Crippen LogP contribution in [0.15, 0.2) is 41.3 Å². The van der Waals surface area contributed by atoms with E-state index in [2.05, 4.69) is 28.0 Å². The van der Waals surface area contributed by atoms with E-state index in [1.165, 1.54) is 0 Å². The van der Waals surface area contributed by atoms with E-state index in [-0.39, 0.29) is 34.4 Å². The Labute approximate surface area is 204 Å². The lowest BCUT2D eigenvalue weighted by atomic mass is 9.89. The second kappa shape index (κ2) is 8.52. The van der Waals surface area contributed by atoms with Crippen LogP contribution in [-0.4, -0.2) is 51.3 Å². The average Bonchev–Trinajstić information content (AvgIpc) is 3.53. The fraction of sp³-hybridized carbons (Fsp3) is 0.407. The standard InChI is InChI=1S/C27H31N5O3/c1-16-14-31(26(35)20-7-8-22(27(2,3)4)29-25(20)34)12-10-18(16)21-13-23(32(15-33)17-5-6-17)30-24-19(21)9-11-28-24/h7-11,13,15-17H,5-6,12,14H2,1-4H3,(H,28,30)(H,29,34). The summed E-state index contributed by atoms with van der Waals surface area (Å²) >= 11 is 0. The molecule has 0 saturated heterocycles. The van der Waals surface area contributed by atoms with Gasteiger partial charge in [0.2, 0.25) is 6.41 Å². The van der Waals surface area contributed by atoms with E-state index < -0.39 is 0 Å². The van der Waals surface area contributed by atoms with Crippen LogP contribution < -0.4 is 10.5 Å². The fourth-order valence-electron chi connectivity index (χ4n) is 4.78. The molecule has 5 rings (SSSR count). The molecule has 3 aromatic rings. The van der Waals surface area contributed by atoms with Crippen molar-refractivity contribution >= 4 is 34.7 Å². The molecule has 0 spiro atoms. The number of nitrogens with zero attached hydrogens (tertiary/aromatic N) is 3. The first-order valence-electron chi connectivity index (χ1n) is 12.1. The van der Waals surface area contributed by atoms with E-state index in [0.717, 1.165) is 47.1 Å². The quantitative estimate of drug-likeness (QED) is 0.550. The molecule has 2 N–H and O–H groups in total. The zero-order valence-electron chi connectivity index (χ0n) is 20.6. The summed E-state index contributed by atoms with van der Waals surface area (Å²) in [6, 6.07) is 7.65. The minimum absolute atomic E-state index is 0.0413. The molecule has 8 heteroatoms. The minimum atomic E-state index is -0.355. The number of anilines is 1. The second-order valence-electron chi connectivity index (χ2n) is 10.6. The number of rotatable bonds is 5. The number of pyridine rings is 2. The molecule has 0 aromatic carbocycles. The Kier molecular flexibility index (Phi) is 5.62. The molecule has 0 radical (unpaired) electrons. The van der Waals surface area contributed by atoms with Gasteiger partial charge >= 0.3 is 0 Å². The highest BCUT2D eigenvalue weighted by Gasteiger charge is 2.32. The molecular formula is C27H31N5O3. The van der Waals surface area contributed by atoms with Crippen LogP contribution in [-0.2, 0) is 10.2 Å². The number of hydrogen-bond donors (Lipinski definition) is 2. The van der Waals surface area contributed by atoms with Gasteiger partial charge in [0.15, 0.2) is 0 Å². The second-order valence-corrected chi connectivity index (χ2v) is 10.6. The third-order valence-electron chi connectivity index (χ3n) is 6.94. The summed E-state index contributed by atoms with van der Waals surface area (Å²) < 4.78 is 0. The predicted octanol–water partition coefficient (Wildman–Crippen LogP) is 3.85. The Morgan fingerprint density at radius 1 is 1.23 bits per heavy atom. The summed E-state index contributed by atoms with van der Waals surface area (Å²) in [7, 11) is 0. The highest BCUT2D eigenvalue weighted by molar-refractivity contribution is 5.96. The van der Waals surface area contributed by atoms with Gasteiger partial charge in [-0.05, 0) is 54.2 Å². The largest absolute Gasteiger partial charge is 0.346 e. The molecule has 35 heavy (non-hydrogen) atoms. The summed E-state index contributed by atoms with van der Waals surface area (Å²) in [4.78, 5) is 51.8. The van der Waals surface area contributed by atoms with Crippen molar-refractivity contribution in [3.8, 4) is 0 Å². The van der Waals surface area contributed by atoms with Gasteiger partial charge in [-0.1, -0.05) is 33.8 Å². The van der Waals surface area contributed by atoms with Crippen molar-refractivity contribution in [1.29, 1.82) is 0 Å². The summed E-state index contributed by atoms with van der Waals surface area (Å²) in [5.41, 5.74) is 3.27. The molecule has 1 fully saturated rings. The normalized spacial score (nSPS) is 18.5. The summed E-state index contributed by atoms with van der Waals surface area (Å²) in [6.45, 7) is 9.03. The maximum absolute atomic E-state index is 13.2. The van der Waals surface area contributed by atoms with E-state index in [1.54, 1.807) is 15.9 Å². The monoisotopic (exact) mass is 473 g/mol. The summed E-state index contributed by atoms with van der Waals surface area (Å²) in [5.74, 6) is 0.418. The smallest absolute Gasteiger partial charge is 0.261 e. The van der Waals surface area contributed by atoms with Crippen LogP contribution in [0.4, 0.5) is 5.82 Å². The number of carbonyl (C=O) groups excluding carboxylic acids is 2. The molecule has 1 aliphatic heterocycles. The third kappa shape index (κ3) is 4.29. The molecular weight excluding hydrogens is 442 g/mol. The van der Waals surface area contributed by atoms with Crippen molar-refractivity contribution in [2.75, 3.05) is 18.0 Å². The molecule has 2 amide bonds. The molecule has 1 aliphatic carbocycles. The van der Waals surface area contributed by atoms with Gasteiger partial charge in [-0.25, -0.2) is 4.98 Å². The number of fused-ring (bicyclic) bond motifs is 1. The molecule has 3 aromatic heterocycles. The van der Waals surface area contributed by atoms with E-state index in [0.29, 0.717) is 18.9 Å². The Hall–Kier alpha value is -3.68. The number of aromatic nitrogens is 3. The van der Waals surface area contributed by atoms with Crippen molar-refractivity contribution < 1.29 is 9.59 Å².